The Hall–Kier alpha value is -1.26. The lowest BCUT2D eigenvalue weighted by molar-refractivity contribution is -0.133. The Morgan fingerprint density at radius 3 is 3.00 bits per heavy atom. The highest BCUT2D eigenvalue weighted by Gasteiger charge is 2.17. The Morgan fingerprint density at radius 2 is 2.33 bits per heavy atom. The molecule has 0 saturated carbocycles. The second-order valence-electron chi connectivity index (χ2n) is 3.49. The summed E-state index contributed by atoms with van der Waals surface area (Å²) < 4.78 is 4.70. The van der Waals surface area contributed by atoms with Crippen molar-refractivity contribution in [2.45, 2.75) is 26.2 Å². The molecule has 5 nitrogen and oxygen atoms in total. The van der Waals surface area contributed by atoms with Crippen LogP contribution in [0.25, 0.3) is 0 Å². The van der Waals surface area contributed by atoms with Crippen molar-refractivity contribution >= 4 is 12.0 Å². The van der Waals surface area contributed by atoms with Crippen molar-refractivity contribution in [2.75, 3.05) is 26.2 Å². The summed E-state index contributed by atoms with van der Waals surface area (Å²) in [5.74, 6) is 0.187. The fourth-order valence-corrected chi connectivity index (χ4v) is 1.57. The maximum Gasteiger partial charge on any atom is 0.407 e. The van der Waals surface area contributed by atoms with Gasteiger partial charge < -0.3 is 15.0 Å². The molecule has 15 heavy (non-hydrogen) atoms. The van der Waals surface area contributed by atoms with E-state index in [0.717, 1.165) is 19.4 Å². The Balaban J connectivity index is 2.13. The Kier molecular flexibility index (Phi) is 4.93. The molecule has 0 aromatic carbocycles. The third-order valence-electron chi connectivity index (χ3n) is 2.35. The highest BCUT2D eigenvalue weighted by molar-refractivity contribution is 5.76. The third kappa shape index (κ3) is 4.18. The monoisotopic (exact) mass is 214 g/mol. The van der Waals surface area contributed by atoms with Crippen LogP contribution in [0.5, 0.6) is 0 Å². The summed E-state index contributed by atoms with van der Waals surface area (Å²) >= 11 is 0. The van der Waals surface area contributed by atoms with E-state index in [1.807, 2.05) is 0 Å². The Labute approximate surface area is 89.8 Å². The molecule has 0 bridgehead atoms. The molecule has 1 aliphatic rings. The van der Waals surface area contributed by atoms with Gasteiger partial charge in [0.15, 0.2) is 0 Å². The number of amides is 2. The maximum absolute atomic E-state index is 11.4. The number of hydrogen-bond acceptors (Lipinski definition) is 3. The highest BCUT2D eigenvalue weighted by Crippen LogP contribution is 2.09. The first kappa shape index (κ1) is 11.8. The second kappa shape index (κ2) is 6.27. The zero-order chi connectivity index (χ0) is 11.1. The predicted octanol–water partition coefficient (Wildman–Crippen LogP) is 0.745. The number of rotatable bonds is 4. The number of nitrogens with zero attached hydrogens (tertiary/aromatic N) is 1. The predicted molar refractivity (Wildman–Crippen MR) is 55.5 cm³/mol. The standard InChI is InChI=1S/C10H18N2O3/c1-2-15-10(14)11-6-8-12-7-4-3-5-9(12)13/h2-8H2,1H3,(H,11,14). The average Bonchev–Trinajstić information content (AvgIpc) is 2.21. The van der Waals surface area contributed by atoms with Crippen LogP contribution in [-0.2, 0) is 9.53 Å². The van der Waals surface area contributed by atoms with Crippen molar-refractivity contribution in [3.05, 3.63) is 0 Å². The van der Waals surface area contributed by atoms with Gasteiger partial charge in [-0.3, -0.25) is 4.79 Å². The molecule has 86 valence electrons. The molecule has 1 saturated heterocycles. The Bertz CT molecular complexity index is 231. The smallest absolute Gasteiger partial charge is 0.407 e. The van der Waals surface area contributed by atoms with Gasteiger partial charge in [0, 0.05) is 26.1 Å². The largest absolute Gasteiger partial charge is 0.450 e. The van der Waals surface area contributed by atoms with Gasteiger partial charge in [-0.1, -0.05) is 0 Å². The van der Waals surface area contributed by atoms with E-state index in [-0.39, 0.29) is 5.91 Å². The normalized spacial score (nSPS) is 16.3. The number of hydrogen-bond donors (Lipinski definition) is 1. The molecule has 0 radical (unpaired) electrons. The minimum atomic E-state index is -0.415. The third-order valence-corrected chi connectivity index (χ3v) is 2.35. The quantitative estimate of drug-likeness (QED) is 0.751. The van der Waals surface area contributed by atoms with Crippen molar-refractivity contribution in [3.8, 4) is 0 Å². The van der Waals surface area contributed by atoms with Gasteiger partial charge in [-0.05, 0) is 19.8 Å². The number of piperidine rings is 1. The summed E-state index contributed by atoms with van der Waals surface area (Å²) in [7, 11) is 0. The van der Waals surface area contributed by atoms with Crippen molar-refractivity contribution in [1.82, 2.24) is 10.2 Å². The van der Waals surface area contributed by atoms with Gasteiger partial charge in [-0.2, -0.15) is 0 Å². The first-order valence-corrected chi connectivity index (χ1v) is 5.42. The van der Waals surface area contributed by atoms with Gasteiger partial charge in [0.2, 0.25) is 5.91 Å². The number of alkyl carbamates (subject to hydrolysis) is 1. The zero-order valence-electron chi connectivity index (χ0n) is 9.12. The van der Waals surface area contributed by atoms with Crippen molar-refractivity contribution < 1.29 is 14.3 Å². The van der Waals surface area contributed by atoms with E-state index in [0.29, 0.717) is 26.1 Å². The SMILES string of the molecule is CCOC(=O)NCCN1CCCCC1=O. The van der Waals surface area contributed by atoms with Crippen LogP contribution in [0.4, 0.5) is 4.79 Å². The van der Waals surface area contributed by atoms with Crippen molar-refractivity contribution in [2.24, 2.45) is 0 Å². The van der Waals surface area contributed by atoms with Crippen LogP contribution in [0.2, 0.25) is 0 Å². The fraction of sp³-hybridized carbons (Fsp3) is 0.800. The molecular formula is C10H18N2O3. The van der Waals surface area contributed by atoms with E-state index < -0.39 is 6.09 Å². The molecule has 0 atom stereocenters. The zero-order valence-corrected chi connectivity index (χ0v) is 9.12. The summed E-state index contributed by atoms with van der Waals surface area (Å²) in [5, 5.41) is 2.60. The topological polar surface area (TPSA) is 58.6 Å². The molecule has 0 aromatic heterocycles. The van der Waals surface area contributed by atoms with E-state index in [9.17, 15) is 9.59 Å². The van der Waals surface area contributed by atoms with Crippen LogP contribution in [0.15, 0.2) is 0 Å². The van der Waals surface area contributed by atoms with Crippen LogP contribution in [-0.4, -0.2) is 43.1 Å². The van der Waals surface area contributed by atoms with Gasteiger partial charge in [-0.25, -0.2) is 4.79 Å². The maximum atomic E-state index is 11.4. The minimum Gasteiger partial charge on any atom is -0.450 e. The van der Waals surface area contributed by atoms with Crippen LogP contribution in [0, 0.1) is 0 Å². The lowest BCUT2D eigenvalue weighted by Gasteiger charge is -2.26. The molecule has 1 N–H and O–H groups in total. The summed E-state index contributed by atoms with van der Waals surface area (Å²) in [5.41, 5.74) is 0. The summed E-state index contributed by atoms with van der Waals surface area (Å²) in [6, 6.07) is 0. The molecule has 1 fully saturated rings. The Morgan fingerprint density at radius 1 is 1.53 bits per heavy atom. The van der Waals surface area contributed by atoms with Crippen LogP contribution in [0.3, 0.4) is 0 Å². The number of likely N-dealkylation sites (tertiary alicyclic amines) is 1. The molecule has 2 amide bonds. The van der Waals surface area contributed by atoms with Gasteiger partial charge >= 0.3 is 6.09 Å². The van der Waals surface area contributed by atoms with Crippen molar-refractivity contribution in [1.29, 1.82) is 0 Å². The van der Waals surface area contributed by atoms with E-state index in [2.05, 4.69) is 5.32 Å². The molecule has 0 unspecified atom stereocenters. The van der Waals surface area contributed by atoms with Crippen LogP contribution in [0.1, 0.15) is 26.2 Å². The van der Waals surface area contributed by atoms with Crippen molar-refractivity contribution in [3.63, 3.8) is 0 Å². The highest BCUT2D eigenvalue weighted by atomic mass is 16.5. The van der Waals surface area contributed by atoms with E-state index in [4.69, 9.17) is 4.74 Å². The van der Waals surface area contributed by atoms with Gasteiger partial charge in [0.25, 0.3) is 0 Å². The molecular weight excluding hydrogens is 196 g/mol. The number of carbonyl (C=O) groups excluding carboxylic acids is 2. The molecule has 0 spiro atoms. The van der Waals surface area contributed by atoms with Crippen LogP contribution >= 0.6 is 0 Å². The molecule has 0 aliphatic carbocycles. The lowest BCUT2D eigenvalue weighted by Crippen LogP contribution is -2.41. The molecule has 1 heterocycles. The van der Waals surface area contributed by atoms with E-state index in [1.165, 1.54) is 0 Å². The first-order chi connectivity index (χ1) is 7.24. The summed E-state index contributed by atoms with van der Waals surface area (Å²) in [4.78, 5) is 24.1. The second-order valence-corrected chi connectivity index (χ2v) is 3.49. The number of ether oxygens (including phenoxy) is 1. The van der Waals surface area contributed by atoms with Gasteiger partial charge in [0.1, 0.15) is 0 Å². The van der Waals surface area contributed by atoms with E-state index >= 15 is 0 Å². The van der Waals surface area contributed by atoms with Gasteiger partial charge in [-0.15, -0.1) is 0 Å². The number of nitrogens with one attached hydrogen (secondary N) is 1. The van der Waals surface area contributed by atoms with Gasteiger partial charge in [0.05, 0.1) is 6.61 Å². The molecule has 1 rings (SSSR count). The first-order valence-electron chi connectivity index (χ1n) is 5.42. The molecule has 5 heteroatoms. The average molecular weight is 214 g/mol. The summed E-state index contributed by atoms with van der Waals surface area (Å²) in [6.45, 7) is 3.98. The van der Waals surface area contributed by atoms with Crippen LogP contribution < -0.4 is 5.32 Å². The minimum absolute atomic E-state index is 0.187. The molecule has 1 aliphatic heterocycles. The number of carbonyl (C=O) groups is 2. The fourth-order valence-electron chi connectivity index (χ4n) is 1.57. The summed E-state index contributed by atoms with van der Waals surface area (Å²) in [6.07, 6.45) is 2.27. The lowest BCUT2D eigenvalue weighted by atomic mass is 10.1. The molecule has 0 aromatic rings. The van der Waals surface area contributed by atoms with E-state index in [1.54, 1.807) is 11.8 Å².